The minimum Gasteiger partial charge on any atom is -0.355 e. The van der Waals surface area contributed by atoms with E-state index in [0.717, 1.165) is 19.0 Å². The smallest absolute Gasteiger partial charge is 0.191 e. The van der Waals surface area contributed by atoms with Gasteiger partial charge in [0.05, 0.1) is 0 Å². The SMILES string of the molecule is CN=C(NCCNC(C)(C)C)NC(C)C. The molecule has 4 heteroatoms. The van der Waals surface area contributed by atoms with Crippen molar-refractivity contribution in [1.29, 1.82) is 0 Å². The van der Waals surface area contributed by atoms with Crippen molar-refractivity contribution in [2.45, 2.75) is 46.2 Å². The van der Waals surface area contributed by atoms with Crippen molar-refractivity contribution in [3.05, 3.63) is 0 Å². The molecule has 90 valence electrons. The van der Waals surface area contributed by atoms with Crippen LogP contribution < -0.4 is 16.0 Å². The maximum absolute atomic E-state index is 4.13. The van der Waals surface area contributed by atoms with Crippen molar-refractivity contribution in [2.24, 2.45) is 4.99 Å². The Morgan fingerprint density at radius 2 is 1.80 bits per heavy atom. The minimum absolute atomic E-state index is 0.177. The molecule has 0 saturated carbocycles. The number of nitrogens with zero attached hydrogens (tertiary/aromatic N) is 1. The van der Waals surface area contributed by atoms with Gasteiger partial charge in [-0.25, -0.2) is 0 Å². The van der Waals surface area contributed by atoms with E-state index < -0.39 is 0 Å². The molecule has 0 amide bonds. The molecule has 0 atom stereocenters. The number of aliphatic imine (C=N–C) groups is 1. The van der Waals surface area contributed by atoms with Gasteiger partial charge in [-0.3, -0.25) is 4.99 Å². The highest BCUT2D eigenvalue weighted by Gasteiger charge is 2.07. The van der Waals surface area contributed by atoms with Gasteiger partial charge in [-0.15, -0.1) is 0 Å². The molecule has 0 aliphatic carbocycles. The lowest BCUT2D eigenvalue weighted by Gasteiger charge is -2.21. The molecule has 0 heterocycles. The Balaban J connectivity index is 3.66. The molecule has 0 aromatic heterocycles. The summed E-state index contributed by atoms with van der Waals surface area (Å²) in [5.74, 6) is 0.862. The van der Waals surface area contributed by atoms with Gasteiger partial charge in [0, 0.05) is 31.7 Å². The first-order valence-corrected chi connectivity index (χ1v) is 5.57. The molecule has 0 radical (unpaired) electrons. The van der Waals surface area contributed by atoms with Gasteiger partial charge in [0.2, 0.25) is 0 Å². The Morgan fingerprint density at radius 3 is 2.20 bits per heavy atom. The summed E-state index contributed by atoms with van der Waals surface area (Å²) >= 11 is 0. The largest absolute Gasteiger partial charge is 0.355 e. The summed E-state index contributed by atoms with van der Waals surface area (Å²) in [4.78, 5) is 4.13. The molecule has 0 fully saturated rings. The van der Waals surface area contributed by atoms with Crippen LogP contribution in [0.15, 0.2) is 4.99 Å². The molecule has 0 bridgehead atoms. The van der Waals surface area contributed by atoms with E-state index in [-0.39, 0.29) is 5.54 Å². The Hall–Kier alpha value is -0.770. The van der Waals surface area contributed by atoms with Crippen molar-refractivity contribution >= 4 is 5.96 Å². The molecule has 3 N–H and O–H groups in total. The van der Waals surface area contributed by atoms with Crippen LogP contribution >= 0.6 is 0 Å². The van der Waals surface area contributed by atoms with Gasteiger partial charge in [0.25, 0.3) is 0 Å². The third-order valence-electron chi connectivity index (χ3n) is 1.72. The molecular weight excluding hydrogens is 188 g/mol. The van der Waals surface area contributed by atoms with E-state index in [9.17, 15) is 0 Å². The lowest BCUT2D eigenvalue weighted by molar-refractivity contribution is 0.428. The zero-order valence-corrected chi connectivity index (χ0v) is 10.9. The minimum atomic E-state index is 0.177. The number of hydrogen-bond donors (Lipinski definition) is 3. The van der Waals surface area contributed by atoms with Crippen LogP contribution in [0, 0.1) is 0 Å². The second-order valence-corrected chi connectivity index (χ2v) is 4.97. The summed E-state index contributed by atoms with van der Waals surface area (Å²) in [7, 11) is 1.79. The molecule has 0 saturated heterocycles. The first-order chi connectivity index (χ1) is 6.85. The molecule has 0 aromatic carbocycles. The van der Waals surface area contributed by atoms with Gasteiger partial charge in [0.15, 0.2) is 5.96 Å². The first-order valence-electron chi connectivity index (χ1n) is 5.57. The topological polar surface area (TPSA) is 48.5 Å². The molecule has 0 aliphatic heterocycles. The quantitative estimate of drug-likeness (QED) is 0.371. The van der Waals surface area contributed by atoms with E-state index >= 15 is 0 Å². The molecule has 0 spiro atoms. The molecule has 0 unspecified atom stereocenters. The van der Waals surface area contributed by atoms with E-state index in [0.29, 0.717) is 6.04 Å². The van der Waals surface area contributed by atoms with E-state index in [4.69, 9.17) is 0 Å². The normalized spacial score (nSPS) is 13.1. The standard InChI is InChI=1S/C11H26N4/c1-9(2)15-10(12-6)13-7-8-14-11(3,4)5/h9,14H,7-8H2,1-6H3,(H2,12,13,15). The number of guanidine groups is 1. The van der Waals surface area contributed by atoms with Crippen LogP contribution in [0.2, 0.25) is 0 Å². The van der Waals surface area contributed by atoms with Crippen molar-refractivity contribution in [3.63, 3.8) is 0 Å². The van der Waals surface area contributed by atoms with Gasteiger partial charge in [-0.1, -0.05) is 0 Å². The van der Waals surface area contributed by atoms with E-state index in [1.165, 1.54) is 0 Å². The lowest BCUT2D eigenvalue weighted by Crippen LogP contribution is -2.46. The summed E-state index contributed by atoms with van der Waals surface area (Å²) < 4.78 is 0. The number of rotatable bonds is 4. The van der Waals surface area contributed by atoms with Crippen LogP contribution in [-0.4, -0.2) is 37.7 Å². The Kier molecular flexibility index (Phi) is 6.32. The average Bonchev–Trinajstić information content (AvgIpc) is 2.08. The van der Waals surface area contributed by atoms with Crippen LogP contribution in [0.25, 0.3) is 0 Å². The number of nitrogens with one attached hydrogen (secondary N) is 3. The molecule has 4 nitrogen and oxygen atoms in total. The summed E-state index contributed by atoms with van der Waals surface area (Å²) in [6.07, 6.45) is 0. The maximum atomic E-state index is 4.13. The fourth-order valence-corrected chi connectivity index (χ4v) is 1.09. The van der Waals surface area contributed by atoms with Crippen LogP contribution in [0.1, 0.15) is 34.6 Å². The fraction of sp³-hybridized carbons (Fsp3) is 0.909. The highest BCUT2D eigenvalue weighted by atomic mass is 15.2. The summed E-state index contributed by atoms with van der Waals surface area (Å²) in [6.45, 7) is 12.5. The molecule has 15 heavy (non-hydrogen) atoms. The monoisotopic (exact) mass is 214 g/mol. The van der Waals surface area contributed by atoms with E-state index in [1.54, 1.807) is 7.05 Å². The summed E-state index contributed by atoms with van der Waals surface area (Å²) in [5.41, 5.74) is 0.177. The second-order valence-electron chi connectivity index (χ2n) is 4.97. The van der Waals surface area contributed by atoms with Crippen LogP contribution in [-0.2, 0) is 0 Å². The second kappa shape index (κ2) is 6.67. The third-order valence-corrected chi connectivity index (χ3v) is 1.72. The predicted octanol–water partition coefficient (Wildman–Crippen LogP) is 0.948. The Labute approximate surface area is 93.9 Å². The van der Waals surface area contributed by atoms with Crippen LogP contribution in [0.5, 0.6) is 0 Å². The number of hydrogen-bond acceptors (Lipinski definition) is 2. The zero-order valence-electron chi connectivity index (χ0n) is 10.9. The molecular formula is C11H26N4. The zero-order chi connectivity index (χ0) is 11.9. The predicted molar refractivity (Wildman–Crippen MR) is 67.4 cm³/mol. The van der Waals surface area contributed by atoms with Crippen LogP contribution in [0.4, 0.5) is 0 Å². The van der Waals surface area contributed by atoms with Crippen LogP contribution in [0.3, 0.4) is 0 Å². The van der Waals surface area contributed by atoms with Gasteiger partial charge >= 0.3 is 0 Å². The molecule has 0 aromatic rings. The van der Waals surface area contributed by atoms with Crippen molar-refractivity contribution < 1.29 is 0 Å². The summed E-state index contributed by atoms with van der Waals surface area (Å²) in [5, 5.41) is 9.90. The first kappa shape index (κ1) is 14.2. The Bertz CT molecular complexity index is 191. The maximum Gasteiger partial charge on any atom is 0.191 e. The van der Waals surface area contributed by atoms with Gasteiger partial charge in [0.1, 0.15) is 0 Å². The van der Waals surface area contributed by atoms with Crippen molar-refractivity contribution in [2.75, 3.05) is 20.1 Å². The molecule has 0 rings (SSSR count). The van der Waals surface area contributed by atoms with E-state index in [1.807, 2.05) is 0 Å². The van der Waals surface area contributed by atoms with Crippen molar-refractivity contribution in [1.82, 2.24) is 16.0 Å². The van der Waals surface area contributed by atoms with Crippen molar-refractivity contribution in [3.8, 4) is 0 Å². The lowest BCUT2D eigenvalue weighted by atomic mass is 10.1. The highest BCUT2D eigenvalue weighted by Crippen LogP contribution is 1.96. The fourth-order valence-electron chi connectivity index (χ4n) is 1.09. The van der Waals surface area contributed by atoms with E-state index in [2.05, 4.69) is 55.6 Å². The third kappa shape index (κ3) is 9.53. The average molecular weight is 214 g/mol. The summed E-state index contributed by atoms with van der Waals surface area (Å²) in [6, 6.07) is 0.409. The van der Waals surface area contributed by atoms with Gasteiger partial charge < -0.3 is 16.0 Å². The van der Waals surface area contributed by atoms with Gasteiger partial charge in [-0.05, 0) is 34.6 Å². The highest BCUT2D eigenvalue weighted by molar-refractivity contribution is 5.79. The molecule has 0 aliphatic rings. The Morgan fingerprint density at radius 1 is 1.20 bits per heavy atom. The van der Waals surface area contributed by atoms with Gasteiger partial charge in [-0.2, -0.15) is 0 Å².